The van der Waals surface area contributed by atoms with Gasteiger partial charge in [-0.1, -0.05) is 155 Å². The van der Waals surface area contributed by atoms with Gasteiger partial charge in [-0.05, 0) is 50.4 Å². The standard InChI is InChI=1S/C40H74N2O5/c1-3-5-7-9-10-11-12-13-14-18-22-27-35(32-38(44)42-36-28-24-30-41-39(36)45)47-40(46)37(43)29-23-19-16-15-17-21-26-34-31-33(34)25-20-8-6-4-2/h33-37,43H,3-32H2,1-2H3,(H,41,45)(H,42,44)/t33-,34+,35+,36-,37+/m1/s1. The minimum atomic E-state index is -1.15. The molecule has 47 heavy (non-hydrogen) atoms. The van der Waals surface area contributed by atoms with Crippen molar-refractivity contribution in [1.82, 2.24) is 10.6 Å². The van der Waals surface area contributed by atoms with Crippen molar-refractivity contribution in [3.63, 3.8) is 0 Å². The Bertz CT molecular complexity index is 820. The van der Waals surface area contributed by atoms with E-state index < -0.39 is 24.2 Å². The van der Waals surface area contributed by atoms with Crippen LogP contribution in [0.25, 0.3) is 0 Å². The molecule has 2 amide bonds. The number of piperidine rings is 1. The maximum Gasteiger partial charge on any atom is 0.335 e. The highest BCUT2D eigenvalue weighted by atomic mass is 16.6. The highest BCUT2D eigenvalue weighted by Crippen LogP contribution is 2.45. The lowest BCUT2D eigenvalue weighted by Gasteiger charge is -2.24. The maximum atomic E-state index is 12.8. The summed E-state index contributed by atoms with van der Waals surface area (Å²) in [7, 11) is 0. The van der Waals surface area contributed by atoms with Gasteiger partial charge in [0.15, 0.2) is 6.10 Å². The Morgan fingerprint density at radius 3 is 1.79 bits per heavy atom. The fraction of sp³-hybridized carbons (Fsp3) is 0.925. The number of amides is 2. The largest absolute Gasteiger partial charge is 0.460 e. The number of rotatable bonds is 31. The van der Waals surface area contributed by atoms with E-state index in [0.29, 0.717) is 25.8 Å². The Labute approximate surface area is 288 Å². The number of carbonyl (C=O) groups excluding carboxylic acids is 3. The number of ether oxygens (including phenoxy) is 1. The number of carbonyl (C=O) groups is 3. The van der Waals surface area contributed by atoms with Gasteiger partial charge in [-0.25, -0.2) is 4.79 Å². The molecule has 2 fully saturated rings. The predicted molar refractivity (Wildman–Crippen MR) is 193 cm³/mol. The quantitative estimate of drug-likeness (QED) is 0.0507. The summed E-state index contributed by atoms with van der Waals surface area (Å²) in [5, 5.41) is 16.2. The zero-order chi connectivity index (χ0) is 34.0. The molecular formula is C40H74N2O5. The topological polar surface area (TPSA) is 105 Å². The summed E-state index contributed by atoms with van der Waals surface area (Å²) >= 11 is 0. The van der Waals surface area contributed by atoms with E-state index in [4.69, 9.17) is 4.74 Å². The number of unbranched alkanes of at least 4 members (excludes halogenated alkanes) is 18. The van der Waals surface area contributed by atoms with Crippen molar-refractivity contribution in [3.8, 4) is 0 Å². The van der Waals surface area contributed by atoms with Crippen LogP contribution < -0.4 is 10.6 Å². The predicted octanol–water partition coefficient (Wildman–Crippen LogP) is 9.47. The van der Waals surface area contributed by atoms with Gasteiger partial charge < -0.3 is 20.5 Å². The summed E-state index contributed by atoms with van der Waals surface area (Å²) in [6, 6.07) is -0.522. The van der Waals surface area contributed by atoms with Crippen LogP contribution in [0.3, 0.4) is 0 Å². The summed E-state index contributed by atoms with van der Waals surface area (Å²) in [5.74, 6) is 0.972. The Kier molecular flexibility index (Phi) is 24.1. The number of hydrogen-bond donors (Lipinski definition) is 3. The Morgan fingerprint density at radius 1 is 0.745 bits per heavy atom. The molecule has 0 aromatic carbocycles. The third kappa shape index (κ3) is 21.1. The van der Waals surface area contributed by atoms with Gasteiger partial charge in [-0.15, -0.1) is 0 Å². The Balaban J connectivity index is 1.60. The fourth-order valence-electron chi connectivity index (χ4n) is 7.27. The van der Waals surface area contributed by atoms with Gasteiger partial charge in [0.25, 0.3) is 0 Å². The first-order valence-electron chi connectivity index (χ1n) is 20.4. The zero-order valence-corrected chi connectivity index (χ0v) is 30.7. The molecule has 0 bridgehead atoms. The number of hydrogen-bond acceptors (Lipinski definition) is 5. The third-order valence-electron chi connectivity index (χ3n) is 10.5. The Hall–Kier alpha value is -1.63. The zero-order valence-electron chi connectivity index (χ0n) is 30.7. The number of aliphatic hydroxyl groups excluding tert-OH is 1. The molecule has 2 aliphatic rings. The van der Waals surface area contributed by atoms with E-state index in [9.17, 15) is 19.5 Å². The van der Waals surface area contributed by atoms with Crippen LogP contribution in [-0.2, 0) is 19.1 Å². The van der Waals surface area contributed by atoms with Crippen molar-refractivity contribution >= 4 is 17.8 Å². The van der Waals surface area contributed by atoms with E-state index >= 15 is 0 Å². The van der Waals surface area contributed by atoms with Gasteiger partial charge in [0.05, 0.1) is 6.42 Å². The van der Waals surface area contributed by atoms with Gasteiger partial charge in [0.1, 0.15) is 12.1 Å². The summed E-state index contributed by atoms with van der Waals surface area (Å²) in [4.78, 5) is 37.7. The summed E-state index contributed by atoms with van der Waals surface area (Å²) in [6.07, 6.45) is 30.9. The molecule has 0 aromatic heterocycles. The van der Waals surface area contributed by atoms with Crippen LogP contribution >= 0.6 is 0 Å². The van der Waals surface area contributed by atoms with Gasteiger partial charge in [-0.2, -0.15) is 0 Å². The monoisotopic (exact) mass is 663 g/mol. The van der Waals surface area contributed by atoms with E-state index in [2.05, 4.69) is 24.5 Å². The normalized spacial score (nSPS) is 20.4. The average molecular weight is 663 g/mol. The SMILES string of the molecule is CCCCCCCCCCCCC[C@@H](CC(=O)N[C@@H]1CCCNC1=O)OC(=O)[C@@H](O)CCCCCCCC[C@H]1C[C@H]1CCCCCC. The van der Waals surface area contributed by atoms with Crippen molar-refractivity contribution < 1.29 is 24.2 Å². The van der Waals surface area contributed by atoms with Gasteiger partial charge in [0, 0.05) is 6.54 Å². The van der Waals surface area contributed by atoms with Crippen molar-refractivity contribution in [1.29, 1.82) is 0 Å². The number of aliphatic hydroxyl groups is 1. The van der Waals surface area contributed by atoms with Crippen molar-refractivity contribution in [2.45, 2.75) is 218 Å². The molecule has 2 rings (SSSR count). The molecule has 1 heterocycles. The van der Waals surface area contributed by atoms with Crippen LogP contribution in [0.5, 0.6) is 0 Å². The molecule has 1 aliphatic heterocycles. The summed E-state index contributed by atoms with van der Waals surface area (Å²) in [5.41, 5.74) is 0. The first-order valence-corrected chi connectivity index (χ1v) is 20.4. The third-order valence-corrected chi connectivity index (χ3v) is 10.5. The summed E-state index contributed by atoms with van der Waals surface area (Å²) < 4.78 is 5.72. The van der Waals surface area contributed by atoms with Crippen molar-refractivity contribution in [3.05, 3.63) is 0 Å². The van der Waals surface area contributed by atoms with E-state index in [0.717, 1.165) is 56.8 Å². The fourth-order valence-corrected chi connectivity index (χ4v) is 7.27. The molecular weight excluding hydrogens is 588 g/mol. The maximum absolute atomic E-state index is 12.8. The smallest absolute Gasteiger partial charge is 0.335 e. The van der Waals surface area contributed by atoms with Crippen LogP contribution in [0, 0.1) is 11.8 Å². The Morgan fingerprint density at radius 2 is 1.23 bits per heavy atom. The molecule has 3 N–H and O–H groups in total. The van der Waals surface area contributed by atoms with E-state index in [-0.39, 0.29) is 18.2 Å². The number of nitrogens with one attached hydrogen (secondary N) is 2. The molecule has 0 spiro atoms. The highest BCUT2D eigenvalue weighted by Gasteiger charge is 2.35. The van der Waals surface area contributed by atoms with Crippen molar-refractivity contribution in [2.75, 3.05) is 6.54 Å². The first-order chi connectivity index (χ1) is 22.9. The minimum absolute atomic E-state index is 0.0282. The van der Waals surface area contributed by atoms with Crippen LogP contribution in [0.1, 0.15) is 200 Å². The lowest BCUT2D eigenvalue weighted by molar-refractivity contribution is -0.161. The molecule has 5 atom stereocenters. The lowest BCUT2D eigenvalue weighted by Crippen LogP contribution is -2.50. The van der Waals surface area contributed by atoms with Gasteiger partial charge >= 0.3 is 5.97 Å². The minimum Gasteiger partial charge on any atom is -0.460 e. The van der Waals surface area contributed by atoms with Gasteiger partial charge in [-0.3, -0.25) is 9.59 Å². The molecule has 0 aromatic rings. The molecule has 1 aliphatic carbocycles. The van der Waals surface area contributed by atoms with E-state index in [1.165, 1.54) is 116 Å². The molecule has 7 heteroatoms. The molecule has 1 saturated heterocycles. The molecule has 1 saturated carbocycles. The molecule has 0 radical (unpaired) electrons. The second-order valence-electron chi connectivity index (χ2n) is 15.0. The molecule has 0 unspecified atom stereocenters. The second kappa shape index (κ2) is 27.2. The number of esters is 1. The highest BCUT2D eigenvalue weighted by molar-refractivity contribution is 5.88. The van der Waals surface area contributed by atoms with Crippen LogP contribution in [-0.4, -0.2) is 47.7 Å². The van der Waals surface area contributed by atoms with Crippen LogP contribution in [0.4, 0.5) is 0 Å². The molecule has 7 nitrogen and oxygen atoms in total. The second-order valence-corrected chi connectivity index (χ2v) is 15.0. The summed E-state index contributed by atoms with van der Waals surface area (Å²) in [6.45, 7) is 5.17. The van der Waals surface area contributed by atoms with Crippen LogP contribution in [0.2, 0.25) is 0 Å². The lowest BCUT2D eigenvalue weighted by atomic mass is 10.0. The van der Waals surface area contributed by atoms with Crippen LogP contribution in [0.15, 0.2) is 0 Å². The average Bonchev–Trinajstić information content (AvgIpc) is 3.81. The van der Waals surface area contributed by atoms with E-state index in [1.807, 2.05) is 0 Å². The van der Waals surface area contributed by atoms with E-state index in [1.54, 1.807) is 0 Å². The molecule has 274 valence electrons. The van der Waals surface area contributed by atoms with Crippen molar-refractivity contribution in [2.24, 2.45) is 11.8 Å². The van der Waals surface area contributed by atoms with Gasteiger partial charge in [0.2, 0.25) is 11.8 Å². The first kappa shape index (κ1) is 41.5.